The third-order valence-corrected chi connectivity index (χ3v) is 4.07. The molecule has 0 spiro atoms. The number of hydrogen-bond donors (Lipinski definition) is 4. The van der Waals surface area contributed by atoms with Crippen LogP contribution in [0, 0.1) is 0 Å². The van der Waals surface area contributed by atoms with Gasteiger partial charge in [0.2, 0.25) is 17.7 Å². The smallest absolute Gasteiger partial charge is 0.242 e. The fourth-order valence-corrected chi connectivity index (χ4v) is 2.57. The van der Waals surface area contributed by atoms with Gasteiger partial charge >= 0.3 is 0 Å². The minimum atomic E-state index is -0.663. The van der Waals surface area contributed by atoms with Gasteiger partial charge in [0.15, 0.2) is 0 Å². The second-order valence-corrected chi connectivity index (χ2v) is 7.44. The molecule has 0 aliphatic carbocycles. The predicted molar refractivity (Wildman–Crippen MR) is 110 cm³/mol. The highest BCUT2D eigenvalue weighted by atomic mass is 16.3. The van der Waals surface area contributed by atoms with Crippen LogP contribution in [0.1, 0.15) is 38.5 Å². The molecule has 0 rings (SSSR count). The van der Waals surface area contributed by atoms with Crippen LogP contribution in [-0.4, -0.2) is 99.6 Å². The monoisotopic (exact) mass is 401 g/mol. The lowest BCUT2D eigenvalue weighted by Gasteiger charge is -2.19. The molecular weight excluding hydrogens is 362 g/mol. The molecule has 0 fully saturated rings. The number of rotatable bonds is 16. The molecule has 0 radical (unpaired) electrons. The Morgan fingerprint density at radius 2 is 1.39 bits per heavy atom. The fraction of sp³-hybridized carbons (Fsp3) is 0.842. The molecule has 0 saturated carbocycles. The Bertz CT molecular complexity index is 458. The topological polar surface area (TPSA) is 114 Å². The first-order valence-corrected chi connectivity index (χ1v) is 10.00. The molecule has 0 heterocycles. The lowest BCUT2D eigenvalue weighted by atomic mass is 10.1. The van der Waals surface area contributed by atoms with Crippen LogP contribution in [0.25, 0.3) is 0 Å². The summed E-state index contributed by atoms with van der Waals surface area (Å²) in [5.74, 6) is -0.484. The standard InChI is InChI=1S/C19H39N5O4/c1-23(2)13-6-9-17(26)20-11-5-8-16(19(28)21-12-15-25)22-18(27)10-7-14-24(3)4/h16,25H,5-15H2,1-4H3,(H,20,26)(H,21,28)(H,22,27). The molecular formula is C19H39N5O4. The Kier molecular flexibility index (Phi) is 15.3. The first-order chi connectivity index (χ1) is 13.3. The summed E-state index contributed by atoms with van der Waals surface area (Å²) >= 11 is 0. The van der Waals surface area contributed by atoms with Crippen molar-refractivity contribution >= 4 is 17.7 Å². The quantitative estimate of drug-likeness (QED) is 0.251. The zero-order valence-electron chi connectivity index (χ0n) is 17.9. The van der Waals surface area contributed by atoms with E-state index in [-0.39, 0.29) is 30.9 Å². The van der Waals surface area contributed by atoms with E-state index in [4.69, 9.17) is 5.11 Å². The maximum atomic E-state index is 12.2. The van der Waals surface area contributed by atoms with E-state index in [0.29, 0.717) is 38.6 Å². The number of carbonyl (C=O) groups excluding carboxylic acids is 3. The first kappa shape index (κ1) is 26.3. The zero-order valence-corrected chi connectivity index (χ0v) is 17.9. The summed E-state index contributed by atoms with van der Waals surface area (Å²) < 4.78 is 0. The van der Waals surface area contributed by atoms with E-state index >= 15 is 0 Å². The molecule has 9 nitrogen and oxygen atoms in total. The molecule has 0 aliphatic rings. The SMILES string of the molecule is CN(C)CCCC(=O)NCCCC(NC(=O)CCCN(C)C)C(=O)NCCO. The van der Waals surface area contributed by atoms with Crippen molar-refractivity contribution in [2.75, 3.05) is 61.0 Å². The average molecular weight is 402 g/mol. The Hall–Kier alpha value is -1.71. The third kappa shape index (κ3) is 15.4. The van der Waals surface area contributed by atoms with Gasteiger partial charge in [-0.25, -0.2) is 0 Å². The Morgan fingerprint density at radius 1 is 0.821 bits per heavy atom. The predicted octanol–water partition coefficient (Wildman–Crippen LogP) is -0.840. The first-order valence-electron chi connectivity index (χ1n) is 10.00. The number of nitrogens with one attached hydrogen (secondary N) is 3. The van der Waals surface area contributed by atoms with Crippen molar-refractivity contribution < 1.29 is 19.5 Å². The van der Waals surface area contributed by atoms with Crippen LogP contribution in [-0.2, 0) is 14.4 Å². The zero-order chi connectivity index (χ0) is 21.4. The van der Waals surface area contributed by atoms with Crippen molar-refractivity contribution in [1.29, 1.82) is 0 Å². The summed E-state index contributed by atoms with van der Waals surface area (Å²) in [7, 11) is 7.82. The van der Waals surface area contributed by atoms with Crippen LogP contribution in [0.2, 0.25) is 0 Å². The van der Waals surface area contributed by atoms with Crippen LogP contribution >= 0.6 is 0 Å². The second kappa shape index (κ2) is 16.3. The van der Waals surface area contributed by atoms with E-state index in [0.717, 1.165) is 19.5 Å². The van der Waals surface area contributed by atoms with Crippen molar-refractivity contribution in [3.05, 3.63) is 0 Å². The third-order valence-electron chi connectivity index (χ3n) is 4.07. The van der Waals surface area contributed by atoms with E-state index < -0.39 is 6.04 Å². The van der Waals surface area contributed by atoms with Gasteiger partial charge in [-0.3, -0.25) is 14.4 Å². The maximum Gasteiger partial charge on any atom is 0.242 e. The van der Waals surface area contributed by atoms with E-state index in [1.807, 2.05) is 38.0 Å². The number of amides is 3. The van der Waals surface area contributed by atoms with Gasteiger partial charge in [0, 0.05) is 25.9 Å². The molecule has 0 saturated heterocycles. The van der Waals surface area contributed by atoms with Crippen LogP contribution in [0.15, 0.2) is 0 Å². The number of aliphatic hydroxyl groups excluding tert-OH is 1. The second-order valence-electron chi connectivity index (χ2n) is 7.44. The van der Waals surface area contributed by atoms with Crippen molar-refractivity contribution in [1.82, 2.24) is 25.8 Å². The number of aliphatic hydroxyl groups is 1. The van der Waals surface area contributed by atoms with Crippen LogP contribution < -0.4 is 16.0 Å². The normalized spacial score (nSPS) is 12.1. The minimum Gasteiger partial charge on any atom is -0.395 e. The summed E-state index contributed by atoms with van der Waals surface area (Å²) in [6.07, 6.45) is 3.34. The molecule has 1 atom stereocenters. The molecule has 4 N–H and O–H groups in total. The van der Waals surface area contributed by atoms with E-state index in [2.05, 4.69) is 16.0 Å². The fourth-order valence-electron chi connectivity index (χ4n) is 2.57. The summed E-state index contributed by atoms with van der Waals surface area (Å²) in [5, 5.41) is 17.1. The van der Waals surface area contributed by atoms with Crippen molar-refractivity contribution in [3.63, 3.8) is 0 Å². The van der Waals surface area contributed by atoms with Crippen LogP contribution in [0.4, 0.5) is 0 Å². The van der Waals surface area contributed by atoms with Gasteiger partial charge in [-0.2, -0.15) is 0 Å². The van der Waals surface area contributed by atoms with Gasteiger partial charge in [-0.1, -0.05) is 0 Å². The highest BCUT2D eigenvalue weighted by molar-refractivity contribution is 5.87. The van der Waals surface area contributed by atoms with Crippen LogP contribution in [0.3, 0.4) is 0 Å². The molecule has 0 bridgehead atoms. The molecule has 0 aromatic heterocycles. The van der Waals surface area contributed by atoms with Crippen molar-refractivity contribution in [2.45, 2.75) is 44.6 Å². The molecule has 3 amide bonds. The Morgan fingerprint density at radius 3 is 1.93 bits per heavy atom. The highest BCUT2D eigenvalue weighted by Crippen LogP contribution is 2.00. The molecule has 1 unspecified atom stereocenters. The Labute approximate surface area is 169 Å². The van der Waals surface area contributed by atoms with Crippen molar-refractivity contribution in [3.8, 4) is 0 Å². The van der Waals surface area contributed by atoms with Gasteiger partial charge in [0.25, 0.3) is 0 Å². The van der Waals surface area contributed by atoms with Gasteiger partial charge in [0.1, 0.15) is 6.04 Å². The number of hydrogen-bond acceptors (Lipinski definition) is 6. The largest absolute Gasteiger partial charge is 0.395 e. The number of carbonyl (C=O) groups is 3. The maximum absolute atomic E-state index is 12.2. The molecule has 0 aliphatic heterocycles. The van der Waals surface area contributed by atoms with E-state index in [1.165, 1.54) is 0 Å². The van der Waals surface area contributed by atoms with Gasteiger partial charge in [-0.05, 0) is 67.0 Å². The van der Waals surface area contributed by atoms with Gasteiger partial charge < -0.3 is 30.9 Å². The molecule has 28 heavy (non-hydrogen) atoms. The minimum absolute atomic E-state index is 0.00384. The summed E-state index contributed by atoms with van der Waals surface area (Å²) in [6, 6.07) is -0.663. The van der Waals surface area contributed by atoms with Crippen molar-refractivity contribution in [2.24, 2.45) is 0 Å². The molecule has 9 heteroatoms. The summed E-state index contributed by atoms with van der Waals surface area (Å²) in [4.78, 5) is 40.1. The lowest BCUT2D eigenvalue weighted by Crippen LogP contribution is -2.47. The van der Waals surface area contributed by atoms with Gasteiger partial charge in [0.05, 0.1) is 6.61 Å². The van der Waals surface area contributed by atoms with E-state index in [1.54, 1.807) is 0 Å². The molecule has 0 aromatic rings. The van der Waals surface area contributed by atoms with Crippen LogP contribution in [0.5, 0.6) is 0 Å². The Balaban J connectivity index is 4.28. The summed E-state index contributed by atoms with van der Waals surface area (Å²) in [6.45, 7) is 2.11. The van der Waals surface area contributed by atoms with Gasteiger partial charge in [-0.15, -0.1) is 0 Å². The number of nitrogens with zero attached hydrogens (tertiary/aromatic N) is 2. The average Bonchev–Trinajstić information content (AvgIpc) is 2.61. The highest BCUT2D eigenvalue weighted by Gasteiger charge is 2.20. The van der Waals surface area contributed by atoms with E-state index in [9.17, 15) is 14.4 Å². The molecule has 164 valence electrons. The summed E-state index contributed by atoms with van der Waals surface area (Å²) in [5.41, 5.74) is 0. The lowest BCUT2D eigenvalue weighted by molar-refractivity contribution is -0.129. The molecule has 0 aromatic carbocycles.